The highest BCUT2D eigenvalue weighted by atomic mass is 16.2. The largest absolute Gasteiger partial charge is 0.338 e. The molecule has 1 aliphatic rings. The van der Waals surface area contributed by atoms with Gasteiger partial charge in [-0.15, -0.1) is 0 Å². The molecule has 1 fully saturated rings. The average Bonchev–Trinajstić information content (AvgIpc) is 2.25. The fraction of sp³-hybridized carbons (Fsp3) is 0.500. The molecule has 1 aromatic rings. The number of carbonyl (C=O) groups is 1. The van der Waals surface area contributed by atoms with Gasteiger partial charge < -0.3 is 10.6 Å². The Labute approximate surface area is 95.5 Å². The van der Waals surface area contributed by atoms with Gasteiger partial charge in [0.1, 0.15) is 0 Å². The van der Waals surface area contributed by atoms with Crippen molar-refractivity contribution >= 4 is 6.03 Å². The number of nitrogens with one attached hydrogen (secondary N) is 2. The molecule has 1 saturated carbocycles. The Kier molecular flexibility index (Phi) is 3.75. The van der Waals surface area contributed by atoms with Crippen LogP contribution in [0.15, 0.2) is 24.5 Å². The summed E-state index contributed by atoms with van der Waals surface area (Å²) in [4.78, 5) is 15.3. The molecular weight excluding hydrogens is 202 g/mol. The molecule has 2 rings (SSSR count). The Hall–Kier alpha value is -1.58. The maximum atomic E-state index is 11.4. The van der Waals surface area contributed by atoms with E-state index in [4.69, 9.17) is 0 Å². The summed E-state index contributed by atoms with van der Waals surface area (Å²) >= 11 is 0. The molecule has 1 aromatic heterocycles. The number of hydrogen-bond acceptors (Lipinski definition) is 2. The fourth-order valence-electron chi connectivity index (χ4n) is 1.66. The van der Waals surface area contributed by atoms with Crippen LogP contribution in [-0.2, 0) is 6.42 Å². The first-order valence-electron chi connectivity index (χ1n) is 5.78. The van der Waals surface area contributed by atoms with Gasteiger partial charge in [-0.1, -0.05) is 0 Å². The maximum absolute atomic E-state index is 11.4. The van der Waals surface area contributed by atoms with Crippen LogP contribution in [0.4, 0.5) is 4.79 Å². The highest BCUT2D eigenvalue weighted by Crippen LogP contribution is 2.17. The second-order valence-corrected chi connectivity index (χ2v) is 4.13. The second-order valence-electron chi connectivity index (χ2n) is 4.13. The Morgan fingerprint density at radius 3 is 2.75 bits per heavy atom. The molecule has 1 aliphatic carbocycles. The summed E-state index contributed by atoms with van der Waals surface area (Å²) in [6.45, 7) is 0.669. The number of pyridine rings is 1. The van der Waals surface area contributed by atoms with E-state index in [-0.39, 0.29) is 6.03 Å². The van der Waals surface area contributed by atoms with Crippen molar-refractivity contribution in [3.8, 4) is 0 Å². The van der Waals surface area contributed by atoms with E-state index in [1.165, 1.54) is 12.0 Å². The molecule has 0 unspecified atom stereocenters. The lowest BCUT2D eigenvalue weighted by Crippen LogP contribution is -2.45. The van der Waals surface area contributed by atoms with Gasteiger partial charge in [0.25, 0.3) is 0 Å². The van der Waals surface area contributed by atoms with Crippen LogP contribution in [0, 0.1) is 0 Å². The normalized spacial score (nSPS) is 15.2. The van der Waals surface area contributed by atoms with Gasteiger partial charge in [-0.2, -0.15) is 0 Å². The standard InChI is InChI=1S/C12H17N3O/c16-12(15-11-2-1-3-11)14-9-6-10-4-7-13-8-5-10/h4-5,7-8,11H,1-3,6,9H2,(H2,14,15,16). The van der Waals surface area contributed by atoms with Gasteiger partial charge in [-0.05, 0) is 43.4 Å². The summed E-state index contributed by atoms with van der Waals surface area (Å²) in [5.74, 6) is 0. The highest BCUT2D eigenvalue weighted by molar-refractivity contribution is 5.74. The van der Waals surface area contributed by atoms with Crippen molar-refractivity contribution in [2.75, 3.05) is 6.54 Å². The first-order chi connectivity index (χ1) is 7.84. The van der Waals surface area contributed by atoms with Gasteiger partial charge in [-0.3, -0.25) is 4.98 Å². The molecule has 0 spiro atoms. The van der Waals surface area contributed by atoms with Crippen molar-refractivity contribution in [2.24, 2.45) is 0 Å². The molecule has 2 N–H and O–H groups in total. The number of hydrogen-bond donors (Lipinski definition) is 2. The first-order valence-corrected chi connectivity index (χ1v) is 5.78. The molecule has 86 valence electrons. The summed E-state index contributed by atoms with van der Waals surface area (Å²) < 4.78 is 0. The molecular formula is C12H17N3O. The molecule has 16 heavy (non-hydrogen) atoms. The fourth-order valence-corrected chi connectivity index (χ4v) is 1.66. The number of amides is 2. The minimum absolute atomic E-state index is 0.0428. The molecule has 0 bridgehead atoms. The molecule has 0 radical (unpaired) electrons. The average molecular weight is 219 g/mol. The van der Waals surface area contributed by atoms with Crippen LogP contribution >= 0.6 is 0 Å². The van der Waals surface area contributed by atoms with Crippen LogP contribution in [-0.4, -0.2) is 23.6 Å². The van der Waals surface area contributed by atoms with Gasteiger partial charge in [0, 0.05) is 25.0 Å². The van der Waals surface area contributed by atoms with Crippen LogP contribution in [0.5, 0.6) is 0 Å². The Bertz CT molecular complexity index is 335. The van der Waals surface area contributed by atoms with Crippen molar-refractivity contribution < 1.29 is 4.79 Å². The van der Waals surface area contributed by atoms with Crippen LogP contribution in [0.3, 0.4) is 0 Å². The zero-order valence-electron chi connectivity index (χ0n) is 9.28. The third kappa shape index (κ3) is 3.22. The van der Waals surface area contributed by atoms with Gasteiger partial charge in [0.2, 0.25) is 0 Å². The maximum Gasteiger partial charge on any atom is 0.315 e. The van der Waals surface area contributed by atoms with E-state index in [0.29, 0.717) is 12.6 Å². The summed E-state index contributed by atoms with van der Waals surface area (Å²) in [5.41, 5.74) is 1.19. The van der Waals surface area contributed by atoms with E-state index in [1.807, 2.05) is 12.1 Å². The molecule has 4 heteroatoms. The second kappa shape index (κ2) is 5.49. The third-order valence-corrected chi connectivity index (χ3v) is 2.89. The van der Waals surface area contributed by atoms with Crippen molar-refractivity contribution in [1.29, 1.82) is 0 Å². The van der Waals surface area contributed by atoms with Crippen LogP contribution in [0.25, 0.3) is 0 Å². The van der Waals surface area contributed by atoms with Crippen molar-refractivity contribution in [1.82, 2.24) is 15.6 Å². The van der Waals surface area contributed by atoms with Gasteiger partial charge >= 0.3 is 6.03 Å². The predicted octanol–water partition coefficient (Wildman–Crippen LogP) is 1.48. The summed E-state index contributed by atoms with van der Waals surface area (Å²) in [7, 11) is 0. The lowest BCUT2D eigenvalue weighted by atomic mass is 9.93. The van der Waals surface area contributed by atoms with E-state index in [0.717, 1.165) is 19.3 Å². The third-order valence-electron chi connectivity index (χ3n) is 2.89. The number of rotatable bonds is 4. The van der Waals surface area contributed by atoms with E-state index < -0.39 is 0 Å². The quantitative estimate of drug-likeness (QED) is 0.805. The Morgan fingerprint density at radius 1 is 1.38 bits per heavy atom. The van der Waals surface area contributed by atoms with Crippen LogP contribution < -0.4 is 10.6 Å². The first kappa shape index (κ1) is 10.9. The zero-order valence-corrected chi connectivity index (χ0v) is 9.28. The van der Waals surface area contributed by atoms with E-state index in [1.54, 1.807) is 12.4 Å². The lowest BCUT2D eigenvalue weighted by Gasteiger charge is -2.26. The summed E-state index contributed by atoms with van der Waals surface area (Å²) in [5, 5.41) is 5.80. The molecule has 0 saturated heterocycles. The highest BCUT2D eigenvalue weighted by Gasteiger charge is 2.18. The predicted molar refractivity (Wildman–Crippen MR) is 62.1 cm³/mol. The SMILES string of the molecule is O=C(NCCc1ccncc1)NC1CCC1. The van der Waals surface area contributed by atoms with Crippen LogP contribution in [0.2, 0.25) is 0 Å². The lowest BCUT2D eigenvalue weighted by molar-refractivity contribution is 0.228. The van der Waals surface area contributed by atoms with Crippen molar-refractivity contribution in [3.63, 3.8) is 0 Å². The van der Waals surface area contributed by atoms with E-state index in [2.05, 4.69) is 15.6 Å². The Morgan fingerprint density at radius 2 is 2.12 bits per heavy atom. The monoisotopic (exact) mass is 219 g/mol. The number of urea groups is 1. The molecule has 2 amide bonds. The van der Waals surface area contributed by atoms with E-state index >= 15 is 0 Å². The topological polar surface area (TPSA) is 54.0 Å². The molecule has 0 aromatic carbocycles. The zero-order chi connectivity index (χ0) is 11.2. The van der Waals surface area contributed by atoms with Gasteiger partial charge in [0.15, 0.2) is 0 Å². The molecule has 1 heterocycles. The van der Waals surface area contributed by atoms with Gasteiger partial charge in [-0.25, -0.2) is 4.79 Å². The minimum Gasteiger partial charge on any atom is -0.338 e. The smallest absolute Gasteiger partial charge is 0.315 e. The summed E-state index contributed by atoms with van der Waals surface area (Å²) in [6.07, 6.45) is 7.87. The Balaban J connectivity index is 1.62. The van der Waals surface area contributed by atoms with Crippen LogP contribution in [0.1, 0.15) is 24.8 Å². The number of nitrogens with zero attached hydrogens (tertiary/aromatic N) is 1. The summed E-state index contributed by atoms with van der Waals surface area (Å²) in [6, 6.07) is 4.29. The molecule has 4 nitrogen and oxygen atoms in total. The molecule has 0 aliphatic heterocycles. The van der Waals surface area contributed by atoms with Crippen molar-refractivity contribution in [3.05, 3.63) is 30.1 Å². The molecule has 0 atom stereocenters. The number of aromatic nitrogens is 1. The minimum atomic E-state index is -0.0428. The van der Waals surface area contributed by atoms with E-state index in [9.17, 15) is 4.79 Å². The van der Waals surface area contributed by atoms with Gasteiger partial charge in [0.05, 0.1) is 0 Å². The number of carbonyl (C=O) groups excluding carboxylic acids is 1. The van der Waals surface area contributed by atoms with Crippen molar-refractivity contribution in [2.45, 2.75) is 31.7 Å².